The minimum atomic E-state index is -4.53. The van der Waals surface area contributed by atoms with E-state index in [1.54, 1.807) is 22.8 Å². The van der Waals surface area contributed by atoms with E-state index in [4.69, 9.17) is 4.52 Å². The molecule has 1 amide bonds. The summed E-state index contributed by atoms with van der Waals surface area (Å²) in [4.78, 5) is 18.7. The van der Waals surface area contributed by atoms with Crippen LogP contribution in [0.5, 0.6) is 0 Å². The molecule has 0 aliphatic carbocycles. The summed E-state index contributed by atoms with van der Waals surface area (Å²) in [7, 11) is 1.77. The van der Waals surface area contributed by atoms with Crippen molar-refractivity contribution in [3.05, 3.63) is 40.5 Å². The quantitative estimate of drug-likeness (QED) is 0.649. The first-order chi connectivity index (χ1) is 13.7. The van der Waals surface area contributed by atoms with Crippen LogP contribution in [0.4, 0.5) is 13.2 Å². The molecule has 0 radical (unpaired) electrons. The fourth-order valence-corrected chi connectivity index (χ4v) is 3.80. The van der Waals surface area contributed by atoms with Gasteiger partial charge in [-0.05, 0) is 32.8 Å². The van der Waals surface area contributed by atoms with Crippen molar-refractivity contribution >= 4 is 17.0 Å². The van der Waals surface area contributed by atoms with Gasteiger partial charge in [-0.15, -0.1) is 0 Å². The largest absolute Gasteiger partial charge is 0.417 e. The van der Waals surface area contributed by atoms with E-state index < -0.39 is 11.7 Å². The molecule has 0 unspecified atom stereocenters. The van der Waals surface area contributed by atoms with Gasteiger partial charge in [0.15, 0.2) is 0 Å². The molecule has 1 aliphatic heterocycles. The Hall–Kier alpha value is -2.91. The van der Waals surface area contributed by atoms with E-state index in [0.29, 0.717) is 37.2 Å². The Bertz CT molecular complexity index is 1080. The fraction of sp³-hybridized carbons (Fsp3) is 0.474. The highest BCUT2D eigenvalue weighted by Gasteiger charge is 2.37. The molecule has 10 heteroatoms. The Labute approximate surface area is 164 Å². The summed E-state index contributed by atoms with van der Waals surface area (Å²) >= 11 is 0. The maximum absolute atomic E-state index is 13.6. The Kier molecular flexibility index (Phi) is 4.59. The topological polar surface area (TPSA) is 77.1 Å². The molecule has 4 heterocycles. The average Bonchev–Trinajstić information content (AvgIpc) is 3.22. The summed E-state index contributed by atoms with van der Waals surface area (Å²) in [6, 6.07) is 1.10. The van der Waals surface area contributed by atoms with E-state index in [9.17, 15) is 18.0 Å². The number of amides is 1. The highest BCUT2D eigenvalue weighted by Crippen LogP contribution is 2.39. The normalized spacial score (nSPS) is 16.0. The number of carbonyl (C=O) groups excluding carboxylic acids is 1. The Morgan fingerprint density at radius 3 is 2.52 bits per heavy atom. The minimum Gasteiger partial charge on any atom is -0.338 e. The van der Waals surface area contributed by atoms with Crippen LogP contribution in [0.2, 0.25) is 0 Å². The molecular formula is C19H20F3N5O2. The van der Waals surface area contributed by atoms with Crippen LogP contribution in [0.1, 0.15) is 51.8 Å². The number of hydrogen-bond acceptors (Lipinski definition) is 5. The van der Waals surface area contributed by atoms with Crippen molar-refractivity contribution in [1.29, 1.82) is 0 Å². The van der Waals surface area contributed by atoms with E-state index in [2.05, 4.69) is 15.2 Å². The highest BCUT2D eigenvalue weighted by atomic mass is 19.4. The minimum absolute atomic E-state index is 0.0964. The van der Waals surface area contributed by atoms with Gasteiger partial charge in [-0.2, -0.15) is 18.3 Å². The lowest BCUT2D eigenvalue weighted by Gasteiger charge is -2.32. The highest BCUT2D eigenvalue weighted by molar-refractivity contribution is 5.95. The predicted octanol–water partition coefficient (Wildman–Crippen LogP) is 3.61. The van der Waals surface area contributed by atoms with Gasteiger partial charge < -0.3 is 9.42 Å². The Morgan fingerprint density at radius 2 is 1.93 bits per heavy atom. The van der Waals surface area contributed by atoms with Crippen molar-refractivity contribution in [3.8, 4) is 0 Å². The molecule has 3 aromatic rings. The first-order valence-electron chi connectivity index (χ1n) is 9.28. The summed E-state index contributed by atoms with van der Waals surface area (Å²) in [5.74, 6) is -0.302. The van der Waals surface area contributed by atoms with Crippen molar-refractivity contribution in [1.82, 2.24) is 24.8 Å². The zero-order valence-corrected chi connectivity index (χ0v) is 16.2. The van der Waals surface area contributed by atoms with Crippen LogP contribution < -0.4 is 0 Å². The van der Waals surface area contributed by atoms with Crippen LogP contribution in [0.25, 0.3) is 11.1 Å². The monoisotopic (exact) mass is 407 g/mol. The van der Waals surface area contributed by atoms with Crippen LogP contribution in [0, 0.1) is 13.8 Å². The van der Waals surface area contributed by atoms with Gasteiger partial charge in [0.25, 0.3) is 11.6 Å². The lowest BCUT2D eigenvalue weighted by molar-refractivity contribution is -0.136. The number of aryl methyl sites for hydroxylation is 2. The van der Waals surface area contributed by atoms with Gasteiger partial charge in [0.05, 0.1) is 28.4 Å². The average molecular weight is 407 g/mol. The number of aromatic nitrogens is 4. The number of pyridine rings is 1. The molecule has 1 fully saturated rings. The first-order valence-corrected chi connectivity index (χ1v) is 9.28. The van der Waals surface area contributed by atoms with Crippen LogP contribution >= 0.6 is 0 Å². The molecule has 0 bridgehead atoms. The number of piperidine rings is 1. The number of likely N-dealkylation sites (tertiary alicyclic amines) is 1. The molecule has 3 aromatic heterocycles. The second kappa shape index (κ2) is 6.85. The molecule has 0 aromatic carbocycles. The van der Waals surface area contributed by atoms with E-state index >= 15 is 0 Å². The lowest BCUT2D eigenvalue weighted by atomic mass is 9.91. The zero-order chi connectivity index (χ0) is 20.9. The van der Waals surface area contributed by atoms with Crippen LogP contribution in [0.15, 0.2) is 16.8 Å². The van der Waals surface area contributed by atoms with E-state index in [1.165, 1.54) is 6.92 Å². The number of carbonyl (C=O) groups is 1. The summed E-state index contributed by atoms with van der Waals surface area (Å²) in [6.45, 7) is 4.17. The smallest absolute Gasteiger partial charge is 0.338 e. The number of hydrogen-bond donors (Lipinski definition) is 0. The van der Waals surface area contributed by atoms with Gasteiger partial charge in [-0.1, -0.05) is 5.16 Å². The van der Waals surface area contributed by atoms with Crippen molar-refractivity contribution < 1.29 is 22.5 Å². The molecule has 0 atom stereocenters. The summed E-state index contributed by atoms with van der Waals surface area (Å²) in [5.41, 5.74) is 0.934. The van der Waals surface area contributed by atoms with Crippen LogP contribution in [0.3, 0.4) is 0 Å². The third kappa shape index (κ3) is 3.36. The molecule has 4 rings (SSSR count). The van der Waals surface area contributed by atoms with Gasteiger partial charge in [0.1, 0.15) is 0 Å². The maximum Gasteiger partial charge on any atom is 0.417 e. The molecule has 1 saturated heterocycles. The van der Waals surface area contributed by atoms with E-state index in [0.717, 1.165) is 11.8 Å². The van der Waals surface area contributed by atoms with Crippen LogP contribution in [-0.4, -0.2) is 43.8 Å². The first kappa shape index (κ1) is 19.4. The van der Waals surface area contributed by atoms with Crippen molar-refractivity contribution in [2.24, 2.45) is 7.05 Å². The van der Waals surface area contributed by atoms with Crippen molar-refractivity contribution in [2.75, 3.05) is 13.1 Å². The molecule has 1 aliphatic rings. The number of alkyl halides is 3. The van der Waals surface area contributed by atoms with Gasteiger partial charge in [-0.3, -0.25) is 9.48 Å². The van der Waals surface area contributed by atoms with Crippen molar-refractivity contribution in [2.45, 2.75) is 38.8 Å². The molecule has 29 heavy (non-hydrogen) atoms. The summed E-state index contributed by atoms with van der Waals surface area (Å²) < 4.78 is 47.3. The molecular weight excluding hydrogens is 387 g/mol. The van der Waals surface area contributed by atoms with Gasteiger partial charge >= 0.3 is 6.18 Å². The molecule has 7 nitrogen and oxygen atoms in total. The zero-order valence-electron chi connectivity index (χ0n) is 16.2. The second-order valence-corrected chi connectivity index (χ2v) is 7.37. The van der Waals surface area contributed by atoms with Crippen molar-refractivity contribution in [3.63, 3.8) is 0 Å². The summed E-state index contributed by atoms with van der Waals surface area (Å²) in [5, 5.41) is 7.64. The summed E-state index contributed by atoms with van der Waals surface area (Å²) in [6.07, 6.45) is -1.94. The number of nitrogens with zero attached hydrogens (tertiary/aromatic N) is 5. The maximum atomic E-state index is 13.6. The third-order valence-electron chi connectivity index (χ3n) is 5.61. The molecule has 0 spiro atoms. The molecule has 0 saturated carbocycles. The van der Waals surface area contributed by atoms with Crippen LogP contribution in [-0.2, 0) is 13.2 Å². The lowest BCUT2D eigenvalue weighted by Crippen LogP contribution is -2.38. The fourth-order valence-electron chi connectivity index (χ4n) is 3.80. The standard InChI is InChI=1S/C19H20F3N5O2/c1-10-16-14(19(20,21)22)8-15(24-17(16)29-25-10)12-4-6-27(7-5-12)18(28)13-9-23-26(3)11(13)2/h8-9,12H,4-7H2,1-3H3. The number of rotatable bonds is 2. The van der Waals surface area contributed by atoms with Gasteiger partial charge in [-0.25, -0.2) is 4.98 Å². The van der Waals surface area contributed by atoms with E-state index in [-0.39, 0.29) is 28.6 Å². The number of halogens is 3. The third-order valence-corrected chi connectivity index (χ3v) is 5.61. The second-order valence-electron chi connectivity index (χ2n) is 7.37. The Balaban J connectivity index is 1.56. The predicted molar refractivity (Wildman–Crippen MR) is 97.4 cm³/mol. The number of fused-ring (bicyclic) bond motifs is 1. The SMILES string of the molecule is Cc1noc2nc(C3CCN(C(=O)c4cnn(C)c4C)CC3)cc(C(F)(F)F)c12. The van der Waals surface area contributed by atoms with Gasteiger partial charge in [0, 0.05) is 37.4 Å². The molecule has 154 valence electrons. The van der Waals surface area contributed by atoms with Gasteiger partial charge in [0.2, 0.25) is 0 Å². The Morgan fingerprint density at radius 1 is 1.24 bits per heavy atom. The van der Waals surface area contributed by atoms with E-state index in [1.807, 2.05) is 6.92 Å². The molecule has 0 N–H and O–H groups in total.